The summed E-state index contributed by atoms with van der Waals surface area (Å²) in [5, 5.41) is 20.5. The number of ether oxygens (including phenoxy) is 1. The van der Waals surface area contributed by atoms with Crippen LogP contribution in [0.3, 0.4) is 0 Å². The number of aliphatic carboxylic acids is 1. The molecule has 6 heteroatoms. The van der Waals surface area contributed by atoms with Crippen molar-refractivity contribution in [2.24, 2.45) is 0 Å². The van der Waals surface area contributed by atoms with Crippen molar-refractivity contribution in [3.05, 3.63) is 34.9 Å². The zero-order valence-corrected chi connectivity index (χ0v) is 13.1. The number of aryl methyl sites for hydroxylation is 2. The number of hydrogen-bond acceptors (Lipinski definition) is 4. The first-order chi connectivity index (χ1) is 10.3. The second kappa shape index (κ2) is 7.61. The van der Waals surface area contributed by atoms with Crippen LogP contribution in [-0.4, -0.2) is 41.3 Å². The minimum absolute atomic E-state index is 0.581. The lowest BCUT2D eigenvalue weighted by molar-refractivity contribution is -0.144. The Labute approximate surface area is 129 Å². The van der Waals surface area contributed by atoms with Gasteiger partial charge in [0.1, 0.15) is 5.75 Å². The number of carboxylic acids is 1. The summed E-state index contributed by atoms with van der Waals surface area (Å²) < 4.78 is 5.17. The van der Waals surface area contributed by atoms with Gasteiger partial charge in [0.15, 0.2) is 6.04 Å². The number of aliphatic hydroxyl groups is 1. The molecule has 0 saturated heterocycles. The van der Waals surface area contributed by atoms with Crippen molar-refractivity contribution < 1.29 is 24.5 Å². The molecule has 0 aromatic heterocycles. The SMILES string of the molecule is COc1cc(C)c(/C=C/C(=O)NC(C(=O)O)C(C)O)c(C)c1. The minimum atomic E-state index is -1.34. The van der Waals surface area contributed by atoms with Gasteiger partial charge in [-0.1, -0.05) is 0 Å². The van der Waals surface area contributed by atoms with Crippen LogP contribution in [0.4, 0.5) is 0 Å². The van der Waals surface area contributed by atoms with Crippen molar-refractivity contribution in [1.29, 1.82) is 0 Å². The van der Waals surface area contributed by atoms with Gasteiger partial charge in [0.2, 0.25) is 5.91 Å². The number of rotatable bonds is 6. The molecule has 0 radical (unpaired) electrons. The summed E-state index contributed by atoms with van der Waals surface area (Å²) >= 11 is 0. The van der Waals surface area contributed by atoms with E-state index in [2.05, 4.69) is 5.32 Å². The van der Waals surface area contributed by atoms with Crippen LogP contribution in [0.5, 0.6) is 5.75 Å². The van der Waals surface area contributed by atoms with Crippen LogP contribution in [-0.2, 0) is 9.59 Å². The van der Waals surface area contributed by atoms with E-state index in [0.29, 0.717) is 0 Å². The molecule has 0 fully saturated rings. The number of amides is 1. The molecule has 1 aromatic carbocycles. The second-order valence-corrected chi connectivity index (χ2v) is 5.07. The number of carboxylic acid groups (broad SMARTS) is 1. The molecule has 1 amide bonds. The zero-order valence-electron chi connectivity index (χ0n) is 13.1. The van der Waals surface area contributed by atoms with Gasteiger partial charge < -0.3 is 20.3 Å². The molecule has 0 bridgehead atoms. The van der Waals surface area contributed by atoms with Gasteiger partial charge in [-0.05, 0) is 55.7 Å². The van der Waals surface area contributed by atoms with E-state index in [4.69, 9.17) is 9.84 Å². The van der Waals surface area contributed by atoms with E-state index in [1.54, 1.807) is 13.2 Å². The number of benzene rings is 1. The first-order valence-electron chi connectivity index (χ1n) is 6.81. The minimum Gasteiger partial charge on any atom is -0.497 e. The molecule has 1 rings (SSSR count). The van der Waals surface area contributed by atoms with E-state index in [1.807, 2.05) is 26.0 Å². The van der Waals surface area contributed by atoms with Gasteiger partial charge in [0, 0.05) is 6.08 Å². The number of carbonyl (C=O) groups is 2. The summed E-state index contributed by atoms with van der Waals surface area (Å²) in [6.45, 7) is 5.09. The Hall–Kier alpha value is -2.34. The maximum absolute atomic E-state index is 11.8. The first kappa shape index (κ1) is 17.7. The van der Waals surface area contributed by atoms with Gasteiger partial charge in [0.25, 0.3) is 0 Å². The molecular weight excluding hydrogens is 286 g/mol. The van der Waals surface area contributed by atoms with Crippen molar-refractivity contribution in [2.75, 3.05) is 7.11 Å². The third-order valence-corrected chi connectivity index (χ3v) is 3.25. The van der Waals surface area contributed by atoms with Crippen LogP contribution in [0.15, 0.2) is 18.2 Å². The van der Waals surface area contributed by atoms with Crippen molar-refractivity contribution in [2.45, 2.75) is 32.9 Å². The van der Waals surface area contributed by atoms with Crippen LogP contribution in [0.25, 0.3) is 6.08 Å². The molecule has 2 atom stereocenters. The van der Waals surface area contributed by atoms with Crippen molar-refractivity contribution in [3.63, 3.8) is 0 Å². The summed E-state index contributed by atoms with van der Waals surface area (Å²) in [5.41, 5.74) is 2.73. The lowest BCUT2D eigenvalue weighted by atomic mass is 10.0. The number of hydrogen-bond donors (Lipinski definition) is 3. The fourth-order valence-corrected chi connectivity index (χ4v) is 2.06. The number of carbonyl (C=O) groups excluding carboxylic acids is 1. The molecule has 3 N–H and O–H groups in total. The smallest absolute Gasteiger partial charge is 0.328 e. The Kier molecular flexibility index (Phi) is 6.12. The molecule has 0 heterocycles. The highest BCUT2D eigenvalue weighted by Gasteiger charge is 2.23. The summed E-state index contributed by atoms with van der Waals surface area (Å²) in [6.07, 6.45) is 1.68. The summed E-state index contributed by atoms with van der Waals surface area (Å²) in [5.74, 6) is -1.13. The first-order valence-corrected chi connectivity index (χ1v) is 6.81. The predicted octanol–water partition coefficient (Wildman–Crippen LogP) is 1.28. The highest BCUT2D eigenvalue weighted by atomic mass is 16.5. The lowest BCUT2D eigenvalue weighted by Crippen LogP contribution is -2.47. The van der Waals surface area contributed by atoms with E-state index in [9.17, 15) is 14.7 Å². The second-order valence-electron chi connectivity index (χ2n) is 5.07. The molecule has 1 aromatic rings. The van der Waals surface area contributed by atoms with Gasteiger partial charge >= 0.3 is 5.97 Å². The predicted molar refractivity (Wildman–Crippen MR) is 82.7 cm³/mol. The van der Waals surface area contributed by atoms with E-state index >= 15 is 0 Å². The quantitative estimate of drug-likeness (QED) is 0.688. The van der Waals surface area contributed by atoms with E-state index < -0.39 is 24.0 Å². The molecule has 0 aliphatic rings. The summed E-state index contributed by atoms with van der Waals surface area (Å²) in [4.78, 5) is 22.7. The molecule has 0 aliphatic carbocycles. The maximum Gasteiger partial charge on any atom is 0.328 e. The van der Waals surface area contributed by atoms with Crippen LogP contribution in [0, 0.1) is 13.8 Å². The van der Waals surface area contributed by atoms with Gasteiger partial charge in [-0.3, -0.25) is 4.79 Å². The molecule has 2 unspecified atom stereocenters. The average molecular weight is 307 g/mol. The Morgan fingerprint density at radius 2 is 1.82 bits per heavy atom. The van der Waals surface area contributed by atoms with Crippen LogP contribution in [0.2, 0.25) is 0 Å². The van der Waals surface area contributed by atoms with Gasteiger partial charge in [-0.15, -0.1) is 0 Å². The number of aliphatic hydroxyl groups excluding tert-OH is 1. The monoisotopic (exact) mass is 307 g/mol. The van der Waals surface area contributed by atoms with Crippen LogP contribution in [0.1, 0.15) is 23.6 Å². The third-order valence-electron chi connectivity index (χ3n) is 3.25. The van der Waals surface area contributed by atoms with E-state index in [0.717, 1.165) is 22.4 Å². The molecule has 0 saturated carbocycles. The largest absolute Gasteiger partial charge is 0.497 e. The average Bonchev–Trinajstić information content (AvgIpc) is 2.42. The Morgan fingerprint density at radius 1 is 1.27 bits per heavy atom. The van der Waals surface area contributed by atoms with Gasteiger partial charge in [0.05, 0.1) is 13.2 Å². The van der Waals surface area contributed by atoms with Gasteiger partial charge in [-0.2, -0.15) is 0 Å². The Balaban J connectivity index is 2.88. The summed E-state index contributed by atoms with van der Waals surface area (Å²) in [6, 6.07) is 2.36. The number of nitrogens with one attached hydrogen (secondary N) is 1. The van der Waals surface area contributed by atoms with Crippen molar-refractivity contribution in [1.82, 2.24) is 5.32 Å². The van der Waals surface area contributed by atoms with Crippen LogP contribution >= 0.6 is 0 Å². The molecule has 22 heavy (non-hydrogen) atoms. The van der Waals surface area contributed by atoms with Crippen LogP contribution < -0.4 is 10.1 Å². The zero-order chi connectivity index (χ0) is 16.9. The molecule has 0 aliphatic heterocycles. The Morgan fingerprint density at radius 3 is 2.23 bits per heavy atom. The Bertz CT molecular complexity index is 569. The maximum atomic E-state index is 11.8. The normalized spacial score (nSPS) is 13.7. The standard InChI is InChI=1S/C16H21NO5/c1-9-7-12(22-4)8-10(2)13(9)5-6-14(19)17-15(11(3)18)16(20)21/h5-8,11,15,18H,1-4H3,(H,17,19)(H,20,21)/b6-5+. The van der Waals surface area contributed by atoms with Crippen molar-refractivity contribution in [3.8, 4) is 5.75 Å². The molecule has 6 nitrogen and oxygen atoms in total. The highest BCUT2D eigenvalue weighted by molar-refractivity contribution is 5.94. The fourth-order valence-electron chi connectivity index (χ4n) is 2.06. The molecule has 0 spiro atoms. The highest BCUT2D eigenvalue weighted by Crippen LogP contribution is 2.22. The topological polar surface area (TPSA) is 95.9 Å². The molecular formula is C16H21NO5. The summed E-state index contributed by atoms with van der Waals surface area (Å²) in [7, 11) is 1.58. The lowest BCUT2D eigenvalue weighted by Gasteiger charge is -2.15. The van der Waals surface area contributed by atoms with Gasteiger partial charge in [-0.25, -0.2) is 4.79 Å². The molecule has 120 valence electrons. The number of methoxy groups -OCH3 is 1. The van der Waals surface area contributed by atoms with Crippen molar-refractivity contribution >= 4 is 18.0 Å². The fraction of sp³-hybridized carbons (Fsp3) is 0.375. The van der Waals surface area contributed by atoms with E-state index in [1.165, 1.54) is 13.0 Å². The third kappa shape index (κ3) is 4.60. The van der Waals surface area contributed by atoms with E-state index in [-0.39, 0.29) is 0 Å².